The maximum atomic E-state index is 13.8. The topological polar surface area (TPSA) is 21.7 Å². The van der Waals surface area contributed by atoms with E-state index in [9.17, 15) is 4.39 Å². The molecule has 5 heteroatoms. The van der Waals surface area contributed by atoms with Crippen molar-refractivity contribution in [2.45, 2.75) is 19.5 Å². The number of methoxy groups -OCH3 is 2. The summed E-state index contributed by atoms with van der Waals surface area (Å²) in [5.41, 5.74) is 3.24. The van der Waals surface area contributed by atoms with E-state index in [4.69, 9.17) is 9.47 Å². The number of halogens is 2. The molecule has 0 radical (unpaired) electrons. The first kappa shape index (κ1) is 17.6. The lowest BCUT2D eigenvalue weighted by Crippen LogP contribution is -2.30. The summed E-state index contributed by atoms with van der Waals surface area (Å²) in [5, 5.41) is 0. The molecule has 124 valence electrons. The lowest BCUT2D eigenvalue weighted by molar-refractivity contribution is 0.241. The van der Waals surface area contributed by atoms with Gasteiger partial charge in [0, 0.05) is 25.2 Å². The van der Waals surface area contributed by atoms with E-state index in [1.807, 2.05) is 18.2 Å². The zero-order chi connectivity index (χ0) is 15.5. The second kappa shape index (κ2) is 7.66. The molecule has 0 unspecified atom stereocenters. The fourth-order valence-electron chi connectivity index (χ4n) is 2.94. The van der Waals surface area contributed by atoms with Crippen LogP contribution in [0.4, 0.5) is 4.39 Å². The number of fused-ring (bicyclic) bond motifs is 1. The Morgan fingerprint density at radius 2 is 1.70 bits per heavy atom. The van der Waals surface area contributed by atoms with Gasteiger partial charge in [-0.1, -0.05) is 18.2 Å². The Labute approximate surface area is 142 Å². The van der Waals surface area contributed by atoms with Crippen molar-refractivity contribution in [3.8, 4) is 11.5 Å². The summed E-state index contributed by atoms with van der Waals surface area (Å²) >= 11 is 0. The monoisotopic (exact) mass is 337 g/mol. The quantitative estimate of drug-likeness (QED) is 0.846. The van der Waals surface area contributed by atoms with E-state index in [-0.39, 0.29) is 18.2 Å². The highest BCUT2D eigenvalue weighted by Crippen LogP contribution is 2.33. The average molecular weight is 338 g/mol. The van der Waals surface area contributed by atoms with Crippen LogP contribution in [0.15, 0.2) is 36.4 Å². The van der Waals surface area contributed by atoms with Gasteiger partial charge >= 0.3 is 0 Å². The second-order valence-electron chi connectivity index (χ2n) is 5.53. The highest BCUT2D eigenvalue weighted by atomic mass is 35.5. The van der Waals surface area contributed by atoms with Crippen molar-refractivity contribution < 1.29 is 13.9 Å². The Bertz CT molecular complexity index is 678. The fourth-order valence-corrected chi connectivity index (χ4v) is 2.94. The smallest absolute Gasteiger partial charge is 0.161 e. The Morgan fingerprint density at radius 3 is 2.35 bits per heavy atom. The largest absolute Gasteiger partial charge is 0.493 e. The van der Waals surface area contributed by atoms with Gasteiger partial charge < -0.3 is 9.47 Å². The van der Waals surface area contributed by atoms with Crippen LogP contribution in [0.2, 0.25) is 0 Å². The van der Waals surface area contributed by atoms with E-state index >= 15 is 0 Å². The molecular formula is C18H21ClFNO2. The molecule has 2 aromatic rings. The molecule has 0 bridgehead atoms. The van der Waals surface area contributed by atoms with Crippen molar-refractivity contribution >= 4 is 12.4 Å². The van der Waals surface area contributed by atoms with Crippen LogP contribution in [0.5, 0.6) is 11.5 Å². The standard InChI is InChI=1S/C18H20FNO2.ClH/c1-21-17-9-13-7-8-20(12-15(13)10-18(17)22-2)11-14-5-3-4-6-16(14)19;/h3-6,9-10H,7-8,11-12H2,1-2H3;1H. The van der Waals surface area contributed by atoms with E-state index in [1.54, 1.807) is 20.3 Å². The molecule has 0 aliphatic carbocycles. The number of rotatable bonds is 4. The van der Waals surface area contributed by atoms with E-state index in [0.29, 0.717) is 6.54 Å². The van der Waals surface area contributed by atoms with Gasteiger partial charge in [0.05, 0.1) is 14.2 Å². The molecule has 2 aromatic carbocycles. The van der Waals surface area contributed by atoms with E-state index in [2.05, 4.69) is 11.0 Å². The Hall–Kier alpha value is -1.78. The molecule has 0 spiro atoms. The summed E-state index contributed by atoms with van der Waals surface area (Å²) in [5.74, 6) is 1.37. The summed E-state index contributed by atoms with van der Waals surface area (Å²) in [4.78, 5) is 2.26. The molecule has 1 heterocycles. The van der Waals surface area contributed by atoms with Gasteiger partial charge in [-0.3, -0.25) is 4.90 Å². The Morgan fingerprint density at radius 1 is 1.04 bits per heavy atom. The molecular weight excluding hydrogens is 317 g/mol. The molecule has 3 rings (SSSR count). The highest BCUT2D eigenvalue weighted by molar-refractivity contribution is 5.85. The van der Waals surface area contributed by atoms with Gasteiger partial charge in [-0.25, -0.2) is 4.39 Å². The molecule has 0 fully saturated rings. The minimum atomic E-state index is -0.138. The molecule has 1 aliphatic heterocycles. The molecule has 23 heavy (non-hydrogen) atoms. The molecule has 0 saturated heterocycles. The van der Waals surface area contributed by atoms with Gasteiger partial charge in [0.1, 0.15) is 5.82 Å². The number of nitrogens with zero attached hydrogens (tertiary/aromatic N) is 1. The third kappa shape index (κ3) is 3.77. The first-order valence-corrected chi connectivity index (χ1v) is 7.41. The molecule has 1 aliphatic rings. The van der Waals surface area contributed by atoms with Crippen LogP contribution in [0.25, 0.3) is 0 Å². The third-order valence-corrected chi connectivity index (χ3v) is 4.15. The summed E-state index contributed by atoms with van der Waals surface area (Å²) < 4.78 is 24.5. The lowest BCUT2D eigenvalue weighted by Gasteiger charge is -2.29. The van der Waals surface area contributed by atoms with Gasteiger partial charge in [0.25, 0.3) is 0 Å². The van der Waals surface area contributed by atoms with Crippen molar-refractivity contribution in [2.24, 2.45) is 0 Å². The van der Waals surface area contributed by atoms with Gasteiger partial charge in [-0.15, -0.1) is 12.4 Å². The van der Waals surface area contributed by atoms with Gasteiger partial charge in [-0.05, 0) is 35.7 Å². The SMILES string of the molecule is COc1cc2c(cc1OC)CN(Cc1ccccc1F)CC2.Cl. The van der Waals surface area contributed by atoms with E-state index < -0.39 is 0 Å². The van der Waals surface area contributed by atoms with Crippen LogP contribution in [0.1, 0.15) is 16.7 Å². The van der Waals surface area contributed by atoms with Crippen LogP contribution in [0.3, 0.4) is 0 Å². The minimum Gasteiger partial charge on any atom is -0.493 e. The van der Waals surface area contributed by atoms with Crippen LogP contribution >= 0.6 is 12.4 Å². The lowest BCUT2D eigenvalue weighted by atomic mass is 9.98. The number of hydrogen-bond acceptors (Lipinski definition) is 3. The highest BCUT2D eigenvalue weighted by Gasteiger charge is 2.20. The summed E-state index contributed by atoms with van der Waals surface area (Å²) in [6.07, 6.45) is 0.935. The van der Waals surface area contributed by atoms with Crippen LogP contribution in [-0.4, -0.2) is 25.7 Å². The second-order valence-corrected chi connectivity index (χ2v) is 5.53. The van der Waals surface area contributed by atoms with Gasteiger partial charge in [-0.2, -0.15) is 0 Å². The summed E-state index contributed by atoms with van der Waals surface area (Å²) in [7, 11) is 3.29. The molecule has 0 atom stereocenters. The number of benzene rings is 2. The van der Waals surface area contributed by atoms with Crippen molar-refractivity contribution in [1.29, 1.82) is 0 Å². The fraction of sp³-hybridized carbons (Fsp3) is 0.333. The van der Waals surface area contributed by atoms with Crippen molar-refractivity contribution in [3.05, 3.63) is 58.9 Å². The first-order chi connectivity index (χ1) is 10.7. The molecule has 0 saturated carbocycles. The van der Waals surface area contributed by atoms with Crippen molar-refractivity contribution in [2.75, 3.05) is 20.8 Å². The maximum absolute atomic E-state index is 13.8. The molecule has 0 amide bonds. The molecule has 0 N–H and O–H groups in total. The first-order valence-electron chi connectivity index (χ1n) is 7.41. The molecule has 3 nitrogen and oxygen atoms in total. The van der Waals surface area contributed by atoms with Crippen LogP contribution in [0, 0.1) is 5.82 Å². The Balaban J connectivity index is 0.00000192. The van der Waals surface area contributed by atoms with Crippen LogP contribution < -0.4 is 9.47 Å². The van der Waals surface area contributed by atoms with E-state index in [0.717, 1.165) is 36.6 Å². The number of ether oxygens (including phenoxy) is 2. The average Bonchev–Trinajstić information content (AvgIpc) is 2.55. The predicted octanol–water partition coefficient (Wildman–Crippen LogP) is 3.82. The predicted molar refractivity (Wildman–Crippen MR) is 91.0 cm³/mol. The van der Waals surface area contributed by atoms with Gasteiger partial charge in [0.15, 0.2) is 11.5 Å². The summed E-state index contributed by atoms with van der Waals surface area (Å²) in [6.45, 7) is 2.33. The molecule has 0 aromatic heterocycles. The number of hydrogen-bond donors (Lipinski definition) is 0. The summed E-state index contributed by atoms with van der Waals surface area (Å²) in [6, 6.07) is 11.0. The van der Waals surface area contributed by atoms with Gasteiger partial charge in [0.2, 0.25) is 0 Å². The maximum Gasteiger partial charge on any atom is 0.161 e. The zero-order valence-electron chi connectivity index (χ0n) is 13.3. The van der Waals surface area contributed by atoms with E-state index in [1.165, 1.54) is 17.2 Å². The third-order valence-electron chi connectivity index (χ3n) is 4.15. The Kier molecular flexibility index (Phi) is 5.85. The minimum absolute atomic E-state index is 0. The van der Waals surface area contributed by atoms with Crippen LogP contribution in [-0.2, 0) is 19.5 Å². The van der Waals surface area contributed by atoms with Crippen molar-refractivity contribution in [3.63, 3.8) is 0 Å². The normalized spacial score (nSPS) is 13.9. The zero-order valence-corrected chi connectivity index (χ0v) is 14.2. The van der Waals surface area contributed by atoms with Crippen molar-refractivity contribution in [1.82, 2.24) is 4.90 Å².